The summed E-state index contributed by atoms with van der Waals surface area (Å²) < 4.78 is 0. The highest BCUT2D eigenvalue weighted by Gasteiger charge is 2.34. The van der Waals surface area contributed by atoms with Crippen molar-refractivity contribution in [1.29, 1.82) is 0 Å². The topological polar surface area (TPSA) is 32.3 Å². The van der Waals surface area contributed by atoms with Gasteiger partial charge in [-0.15, -0.1) is 6.42 Å². The zero-order chi connectivity index (χ0) is 15.8. The van der Waals surface area contributed by atoms with E-state index < -0.39 is 0 Å². The highest BCUT2D eigenvalue weighted by molar-refractivity contribution is 6.00. The molecule has 23 heavy (non-hydrogen) atoms. The van der Waals surface area contributed by atoms with E-state index in [1.807, 2.05) is 36.4 Å². The van der Waals surface area contributed by atoms with Gasteiger partial charge in [0, 0.05) is 23.7 Å². The van der Waals surface area contributed by atoms with Gasteiger partial charge in [-0.05, 0) is 60.8 Å². The third-order valence-corrected chi connectivity index (χ3v) is 5.27. The molecule has 3 fully saturated rings. The summed E-state index contributed by atoms with van der Waals surface area (Å²) in [7, 11) is 0. The maximum Gasteiger partial charge on any atom is 0.251 e. The number of nitrogens with one attached hydrogen (secondary N) is 1. The molecule has 0 aliphatic carbocycles. The zero-order valence-corrected chi connectivity index (χ0v) is 13.1. The Labute approximate surface area is 136 Å². The summed E-state index contributed by atoms with van der Waals surface area (Å²) in [5.41, 5.74) is 1.52. The van der Waals surface area contributed by atoms with Crippen LogP contribution in [0.1, 0.15) is 28.8 Å². The molecule has 5 rings (SSSR count). The Balaban J connectivity index is 1.59. The minimum atomic E-state index is 0.0116. The van der Waals surface area contributed by atoms with Gasteiger partial charge in [-0.25, -0.2) is 0 Å². The molecule has 3 saturated heterocycles. The second-order valence-electron chi connectivity index (χ2n) is 6.60. The Bertz CT molecular complexity index is 797. The van der Waals surface area contributed by atoms with Gasteiger partial charge in [-0.1, -0.05) is 24.1 Å². The van der Waals surface area contributed by atoms with Gasteiger partial charge in [-0.3, -0.25) is 4.79 Å². The van der Waals surface area contributed by atoms with E-state index in [2.05, 4.69) is 16.1 Å². The Morgan fingerprint density at radius 3 is 2.74 bits per heavy atom. The lowest BCUT2D eigenvalue weighted by Gasteiger charge is -2.44. The molecule has 2 aromatic rings. The van der Waals surface area contributed by atoms with Crippen LogP contribution in [0, 0.1) is 18.3 Å². The van der Waals surface area contributed by atoms with Crippen LogP contribution in [0.15, 0.2) is 36.4 Å². The fourth-order valence-electron chi connectivity index (χ4n) is 3.92. The number of piperidine rings is 3. The molecule has 116 valence electrons. The predicted octanol–water partition coefficient (Wildman–Crippen LogP) is 2.65. The average molecular weight is 304 g/mol. The smallest absolute Gasteiger partial charge is 0.251 e. The lowest BCUT2D eigenvalue weighted by molar-refractivity contribution is 0.0620. The van der Waals surface area contributed by atoms with Crippen LogP contribution in [0.4, 0.5) is 0 Å². The first-order valence-electron chi connectivity index (χ1n) is 8.27. The van der Waals surface area contributed by atoms with Crippen molar-refractivity contribution in [3.63, 3.8) is 0 Å². The third kappa shape index (κ3) is 2.60. The third-order valence-electron chi connectivity index (χ3n) is 5.27. The van der Waals surface area contributed by atoms with Crippen molar-refractivity contribution in [2.75, 3.05) is 19.6 Å². The van der Waals surface area contributed by atoms with E-state index >= 15 is 0 Å². The summed E-state index contributed by atoms with van der Waals surface area (Å²) in [5.74, 6) is 3.34. The summed E-state index contributed by atoms with van der Waals surface area (Å²) in [6.45, 7) is 3.34. The van der Waals surface area contributed by atoms with Gasteiger partial charge < -0.3 is 10.2 Å². The number of amides is 1. The Morgan fingerprint density at radius 1 is 1.22 bits per heavy atom. The van der Waals surface area contributed by atoms with E-state index in [0.717, 1.165) is 22.9 Å². The van der Waals surface area contributed by atoms with Crippen LogP contribution >= 0.6 is 0 Å². The average Bonchev–Trinajstić information content (AvgIpc) is 2.61. The predicted molar refractivity (Wildman–Crippen MR) is 92.3 cm³/mol. The zero-order valence-electron chi connectivity index (χ0n) is 13.1. The number of carbonyl (C=O) groups excluding carboxylic acids is 1. The first-order chi connectivity index (χ1) is 11.2. The first kappa shape index (κ1) is 14.3. The Morgan fingerprint density at radius 2 is 2.04 bits per heavy atom. The quantitative estimate of drug-likeness (QED) is 0.865. The summed E-state index contributed by atoms with van der Waals surface area (Å²) in [4.78, 5) is 15.1. The van der Waals surface area contributed by atoms with E-state index in [4.69, 9.17) is 6.42 Å². The van der Waals surface area contributed by atoms with E-state index in [1.165, 1.54) is 25.9 Å². The number of hydrogen-bond donors (Lipinski definition) is 1. The van der Waals surface area contributed by atoms with Crippen molar-refractivity contribution in [3.05, 3.63) is 47.5 Å². The van der Waals surface area contributed by atoms with Crippen LogP contribution in [0.5, 0.6) is 0 Å². The van der Waals surface area contributed by atoms with Crippen molar-refractivity contribution >= 4 is 16.7 Å². The molecular weight excluding hydrogens is 284 g/mol. The maximum absolute atomic E-state index is 12.7. The molecule has 1 amide bonds. The molecule has 2 bridgehead atoms. The van der Waals surface area contributed by atoms with Crippen molar-refractivity contribution in [2.45, 2.75) is 18.9 Å². The van der Waals surface area contributed by atoms with Gasteiger partial charge in [0.15, 0.2) is 0 Å². The number of nitrogens with zero attached hydrogens (tertiary/aromatic N) is 1. The summed E-state index contributed by atoms with van der Waals surface area (Å²) >= 11 is 0. The van der Waals surface area contributed by atoms with E-state index in [9.17, 15) is 4.79 Å². The number of terminal acetylenes is 1. The van der Waals surface area contributed by atoms with Crippen LogP contribution in [-0.4, -0.2) is 36.5 Å². The summed E-state index contributed by atoms with van der Waals surface area (Å²) in [5, 5.41) is 5.27. The van der Waals surface area contributed by atoms with Crippen LogP contribution in [0.2, 0.25) is 0 Å². The van der Waals surface area contributed by atoms with Crippen molar-refractivity contribution in [1.82, 2.24) is 10.2 Å². The van der Waals surface area contributed by atoms with Crippen LogP contribution in [0.3, 0.4) is 0 Å². The highest BCUT2D eigenvalue weighted by Crippen LogP contribution is 2.28. The van der Waals surface area contributed by atoms with Crippen LogP contribution < -0.4 is 5.32 Å². The SMILES string of the molecule is C#Cc1cccc2ccc(C(=O)N[C@H]3CN4CCC3CC4)cc12. The fraction of sp³-hybridized carbons (Fsp3) is 0.350. The monoisotopic (exact) mass is 304 g/mol. The molecule has 3 aliphatic heterocycles. The van der Waals surface area contributed by atoms with Gasteiger partial charge in [0.2, 0.25) is 0 Å². The minimum absolute atomic E-state index is 0.0116. The second-order valence-corrected chi connectivity index (χ2v) is 6.60. The molecule has 3 heteroatoms. The maximum atomic E-state index is 12.7. The van der Waals surface area contributed by atoms with Crippen molar-refractivity contribution < 1.29 is 4.79 Å². The summed E-state index contributed by atoms with van der Waals surface area (Å²) in [6, 6.07) is 11.9. The molecule has 0 spiro atoms. The molecule has 3 aliphatic rings. The van der Waals surface area contributed by atoms with Gasteiger partial charge in [0.05, 0.1) is 0 Å². The lowest BCUT2D eigenvalue weighted by atomic mass is 9.84. The number of hydrogen-bond acceptors (Lipinski definition) is 2. The van der Waals surface area contributed by atoms with E-state index in [0.29, 0.717) is 11.5 Å². The molecule has 0 unspecified atom stereocenters. The molecule has 0 radical (unpaired) electrons. The Hall–Kier alpha value is -2.31. The molecule has 3 nitrogen and oxygen atoms in total. The largest absolute Gasteiger partial charge is 0.348 e. The standard InChI is InChI=1S/C20H20N2O/c1-2-14-4-3-5-15-6-7-17(12-18(14)15)20(23)21-19-13-22-10-8-16(19)9-11-22/h1,3-7,12,16,19H,8-11,13H2,(H,21,23)/t19-/m0/s1. The van der Waals surface area contributed by atoms with Gasteiger partial charge >= 0.3 is 0 Å². The lowest BCUT2D eigenvalue weighted by Crippen LogP contribution is -2.57. The van der Waals surface area contributed by atoms with E-state index in [1.54, 1.807) is 0 Å². The summed E-state index contributed by atoms with van der Waals surface area (Å²) in [6.07, 6.45) is 7.97. The first-order valence-corrected chi connectivity index (χ1v) is 8.27. The normalized spacial score (nSPS) is 26.0. The highest BCUT2D eigenvalue weighted by atomic mass is 16.1. The van der Waals surface area contributed by atoms with Gasteiger partial charge in [-0.2, -0.15) is 0 Å². The number of carbonyl (C=O) groups is 1. The second kappa shape index (κ2) is 5.72. The molecule has 3 heterocycles. The van der Waals surface area contributed by atoms with E-state index in [-0.39, 0.29) is 11.9 Å². The fourth-order valence-corrected chi connectivity index (χ4v) is 3.92. The number of benzene rings is 2. The molecule has 0 saturated carbocycles. The van der Waals surface area contributed by atoms with Crippen molar-refractivity contribution in [2.24, 2.45) is 5.92 Å². The van der Waals surface area contributed by atoms with Crippen LogP contribution in [0.25, 0.3) is 10.8 Å². The number of fused-ring (bicyclic) bond motifs is 4. The molecule has 1 N–H and O–H groups in total. The molecule has 0 aromatic heterocycles. The Kier molecular flexibility index (Phi) is 3.55. The van der Waals surface area contributed by atoms with Gasteiger partial charge in [0.25, 0.3) is 5.91 Å². The van der Waals surface area contributed by atoms with Gasteiger partial charge in [0.1, 0.15) is 0 Å². The van der Waals surface area contributed by atoms with Crippen LogP contribution in [-0.2, 0) is 0 Å². The van der Waals surface area contributed by atoms with Crippen molar-refractivity contribution in [3.8, 4) is 12.3 Å². The molecule has 1 atom stereocenters. The minimum Gasteiger partial charge on any atom is -0.348 e. The molecule has 2 aromatic carbocycles. The number of rotatable bonds is 2. The molecular formula is C20H20N2O.